The molecule has 28 heavy (non-hydrogen) atoms. The fraction of sp³-hybridized carbons (Fsp3) is 0.286. The number of carbonyl (C=O) groups is 1. The fourth-order valence-electron chi connectivity index (χ4n) is 3.07. The van der Waals surface area contributed by atoms with Crippen LogP contribution in [0.25, 0.3) is 6.08 Å². The average molecular weight is 402 g/mol. The maximum Gasteiger partial charge on any atom is 0.248 e. The highest BCUT2D eigenvalue weighted by molar-refractivity contribution is 7.89. The summed E-state index contributed by atoms with van der Waals surface area (Å²) in [5.74, 6) is -0.690. The molecular weight excluding hydrogens is 379 g/mol. The first-order valence-corrected chi connectivity index (χ1v) is 10.7. The van der Waals surface area contributed by atoms with Crippen LogP contribution in [0.2, 0.25) is 0 Å². The largest absolute Gasteiger partial charge is 0.323 e. The monoisotopic (exact) mass is 402 g/mol. The third kappa shape index (κ3) is 5.27. The van der Waals surface area contributed by atoms with Crippen LogP contribution in [-0.4, -0.2) is 31.7 Å². The van der Waals surface area contributed by atoms with Gasteiger partial charge in [0.25, 0.3) is 0 Å². The molecule has 0 aromatic heterocycles. The quantitative estimate of drug-likeness (QED) is 0.768. The Morgan fingerprint density at radius 2 is 1.54 bits per heavy atom. The molecule has 148 valence electrons. The smallest absolute Gasteiger partial charge is 0.248 e. The number of nitrogens with zero attached hydrogens (tertiary/aromatic N) is 1. The number of sulfonamides is 1. The summed E-state index contributed by atoms with van der Waals surface area (Å²) in [4.78, 5) is 12.3. The fourth-order valence-corrected chi connectivity index (χ4v) is 4.59. The summed E-state index contributed by atoms with van der Waals surface area (Å²) in [5.41, 5.74) is 1.21. The van der Waals surface area contributed by atoms with Gasteiger partial charge in [-0.25, -0.2) is 12.8 Å². The summed E-state index contributed by atoms with van der Waals surface area (Å²) in [6.45, 7) is 1.10. The highest BCUT2D eigenvalue weighted by Crippen LogP contribution is 2.21. The standard InChI is InChI=1S/C21H23FN2O3S/c22-18-8-5-17(6-9-18)7-14-21(25)23-19-10-12-20(13-11-19)28(26,27)24-15-3-1-2-4-16-24/h5-14H,1-4,15-16H2,(H,23,25)/b14-7+. The number of carbonyl (C=O) groups excluding carboxylic acids is 1. The molecule has 3 rings (SSSR count). The van der Waals surface area contributed by atoms with Crippen LogP contribution >= 0.6 is 0 Å². The average Bonchev–Trinajstić information content (AvgIpc) is 2.98. The molecule has 2 aromatic carbocycles. The highest BCUT2D eigenvalue weighted by atomic mass is 32.2. The number of nitrogens with one attached hydrogen (secondary N) is 1. The summed E-state index contributed by atoms with van der Waals surface area (Å²) >= 11 is 0. The van der Waals surface area contributed by atoms with Gasteiger partial charge < -0.3 is 5.32 Å². The van der Waals surface area contributed by atoms with Gasteiger partial charge in [-0.1, -0.05) is 25.0 Å². The molecule has 1 amide bonds. The molecule has 0 saturated carbocycles. The molecule has 1 heterocycles. The Bertz CT molecular complexity index is 931. The van der Waals surface area contributed by atoms with Gasteiger partial charge in [0.15, 0.2) is 0 Å². The van der Waals surface area contributed by atoms with Crippen molar-refractivity contribution in [3.63, 3.8) is 0 Å². The van der Waals surface area contributed by atoms with Crippen LogP contribution in [0.5, 0.6) is 0 Å². The van der Waals surface area contributed by atoms with Gasteiger partial charge in [-0.3, -0.25) is 4.79 Å². The molecule has 1 N–H and O–H groups in total. The zero-order valence-corrected chi connectivity index (χ0v) is 16.3. The van der Waals surface area contributed by atoms with E-state index in [1.165, 1.54) is 30.3 Å². The van der Waals surface area contributed by atoms with Gasteiger partial charge in [0.2, 0.25) is 15.9 Å². The van der Waals surface area contributed by atoms with Gasteiger partial charge in [0.05, 0.1) is 4.90 Å². The predicted octanol–water partition coefficient (Wildman–Crippen LogP) is 4.04. The maximum atomic E-state index is 12.9. The number of hydrogen-bond donors (Lipinski definition) is 1. The molecule has 1 saturated heterocycles. The Hall–Kier alpha value is -2.51. The predicted molar refractivity (Wildman–Crippen MR) is 108 cm³/mol. The lowest BCUT2D eigenvalue weighted by atomic mass is 10.2. The van der Waals surface area contributed by atoms with E-state index in [2.05, 4.69) is 5.32 Å². The van der Waals surface area contributed by atoms with E-state index in [4.69, 9.17) is 0 Å². The van der Waals surface area contributed by atoms with Gasteiger partial charge in [-0.15, -0.1) is 0 Å². The molecule has 0 unspecified atom stereocenters. The Labute approximate surface area is 164 Å². The van der Waals surface area contributed by atoms with Crippen LogP contribution in [0.15, 0.2) is 59.5 Å². The van der Waals surface area contributed by atoms with Crippen molar-refractivity contribution in [2.75, 3.05) is 18.4 Å². The molecule has 0 aliphatic carbocycles. The molecular formula is C21H23FN2O3S. The van der Waals surface area contributed by atoms with Crippen LogP contribution < -0.4 is 5.32 Å². The molecule has 0 bridgehead atoms. The molecule has 2 aromatic rings. The summed E-state index contributed by atoms with van der Waals surface area (Å²) in [6, 6.07) is 12.0. The number of rotatable bonds is 5. The summed E-state index contributed by atoms with van der Waals surface area (Å²) in [7, 11) is -3.50. The van der Waals surface area contributed by atoms with E-state index in [0.29, 0.717) is 24.3 Å². The Morgan fingerprint density at radius 3 is 2.14 bits per heavy atom. The van der Waals surface area contributed by atoms with E-state index < -0.39 is 10.0 Å². The number of benzene rings is 2. The summed E-state index contributed by atoms with van der Waals surface area (Å²) in [6.07, 6.45) is 6.80. The van der Waals surface area contributed by atoms with Crippen molar-refractivity contribution in [2.24, 2.45) is 0 Å². The lowest BCUT2D eigenvalue weighted by molar-refractivity contribution is -0.111. The number of anilines is 1. The van der Waals surface area contributed by atoms with Crippen molar-refractivity contribution in [1.82, 2.24) is 4.31 Å². The summed E-state index contributed by atoms with van der Waals surface area (Å²) in [5, 5.41) is 2.68. The SMILES string of the molecule is O=C(/C=C/c1ccc(F)cc1)Nc1ccc(S(=O)(=O)N2CCCCCC2)cc1. The van der Waals surface area contributed by atoms with Crippen LogP contribution in [0, 0.1) is 5.82 Å². The van der Waals surface area contributed by atoms with Gasteiger partial charge in [0, 0.05) is 24.9 Å². The highest BCUT2D eigenvalue weighted by Gasteiger charge is 2.24. The normalized spacial score (nSPS) is 16.0. The van der Waals surface area contributed by atoms with Gasteiger partial charge in [0.1, 0.15) is 5.82 Å². The van der Waals surface area contributed by atoms with Crippen LogP contribution in [0.3, 0.4) is 0 Å². The van der Waals surface area contributed by atoms with Gasteiger partial charge in [-0.2, -0.15) is 4.31 Å². The van der Waals surface area contributed by atoms with Crippen LogP contribution in [0.1, 0.15) is 31.2 Å². The lowest BCUT2D eigenvalue weighted by Gasteiger charge is -2.20. The van der Waals surface area contributed by atoms with Crippen LogP contribution in [0.4, 0.5) is 10.1 Å². The molecule has 1 fully saturated rings. The van der Waals surface area contributed by atoms with Crippen molar-refractivity contribution in [3.8, 4) is 0 Å². The topological polar surface area (TPSA) is 66.5 Å². The Kier molecular flexibility index (Phi) is 6.59. The molecule has 5 nitrogen and oxygen atoms in total. The molecule has 0 atom stereocenters. The van der Waals surface area contributed by atoms with E-state index in [0.717, 1.165) is 25.7 Å². The van der Waals surface area contributed by atoms with E-state index >= 15 is 0 Å². The maximum absolute atomic E-state index is 12.9. The first kappa shape index (κ1) is 20.2. The second-order valence-electron chi connectivity index (χ2n) is 6.72. The number of amides is 1. The van der Waals surface area contributed by atoms with Crippen molar-refractivity contribution in [1.29, 1.82) is 0 Å². The lowest BCUT2D eigenvalue weighted by Crippen LogP contribution is -2.31. The molecule has 1 aliphatic rings. The molecule has 0 radical (unpaired) electrons. The summed E-state index contributed by atoms with van der Waals surface area (Å²) < 4.78 is 39.9. The Balaban J connectivity index is 1.63. The van der Waals surface area contributed by atoms with Crippen molar-refractivity contribution in [3.05, 3.63) is 66.0 Å². The van der Waals surface area contributed by atoms with E-state index in [1.807, 2.05) is 0 Å². The number of halogens is 1. The van der Waals surface area contributed by atoms with E-state index in [1.54, 1.807) is 34.6 Å². The van der Waals surface area contributed by atoms with Crippen molar-refractivity contribution < 1.29 is 17.6 Å². The molecule has 1 aliphatic heterocycles. The van der Waals surface area contributed by atoms with E-state index in [-0.39, 0.29) is 16.6 Å². The zero-order chi connectivity index (χ0) is 20.0. The second kappa shape index (κ2) is 9.12. The molecule has 0 spiro atoms. The number of hydrogen-bond acceptors (Lipinski definition) is 3. The molecule has 7 heteroatoms. The van der Waals surface area contributed by atoms with Crippen molar-refractivity contribution >= 4 is 27.7 Å². The first-order chi connectivity index (χ1) is 13.4. The third-order valence-corrected chi connectivity index (χ3v) is 6.53. The van der Waals surface area contributed by atoms with Gasteiger partial charge >= 0.3 is 0 Å². The second-order valence-corrected chi connectivity index (χ2v) is 8.65. The zero-order valence-electron chi connectivity index (χ0n) is 15.5. The van der Waals surface area contributed by atoms with Gasteiger partial charge in [-0.05, 0) is 60.9 Å². The van der Waals surface area contributed by atoms with E-state index in [9.17, 15) is 17.6 Å². The van der Waals surface area contributed by atoms with Crippen molar-refractivity contribution in [2.45, 2.75) is 30.6 Å². The minimum atomic E-state index is -3.50. The van der Waals surface area contributed by atoms with Crippen LogP contribution in [-0.2, 0) is 14.8 Å². The minimum absolute atomic E-state index is 0.231. The Morgan fingerprint density at radius 1 is 0.929 bits per heavy atom. The minimum Gasteiger partial charge on any atom is -0.323 e. The third-order valence-electron chi connectivity index (χ3n) is 4.62. The first-order valence-electron chi connectivity index (χ1n) is 9.30.